The Labute approximate surface area is 220 Å². The van der Waals surface area contributed by atoms with Crippen molar-refractivity contribution in [1.82, 2.24) is 15.5 Å². The van der Waals surface area contributed by atoms with Crippen molar-refractivity contribution >= 4 is 23.8 Å². The van der Waals surface area contributed by atoms with E-state index in [1.807, 2.05) is 27.7 Å². The molecule has 10 heteroatoms. The van der Waals surface area contributed by atoms with Gasteiger partial charge >= 0.3 is 6.09 Å². The maximum Gasteiger partial charge on any atom is 0.408 e. The molecule has 4 amide bonds. The standard InChI is InChI=1S/C27H44N4O6/c1-8-10-17-29-23(34)22(18-11-13-19(32)14-12-18)31(27(6,7)9-2)24(35)20(15-16-21(28)33)30-25(36)37-26(3,4)5/h11-14,20,22,32H,8-10,15-17H2,1-7H3,(H2,28,33)(H,29,34)(H,30,36). The lowest BCUT2D eigenvalue weighted by molar-refractivity contribution is -0.149. The molecular weight excluding hydrogens is 476 g/mol. The smallest absolute Gasteiger partial charge is 0.408 e. The molecule has 0 aromatic heterocycles. The largest absolute Gasteiger partial charge is 0.508 e. The molecule has 0 aliphatic rings. The van der Waals surface area contributed by atoms with Crippen molar-refractivity contribution in [3.05, 3.63) is 29.8 Å². The molecule has 37 heavy (non-hydrogen) atoms. The molecule has 0 radical (unpaired) electrons. The van der Waals surface area contributed by atoms with Gasteiger partial charge in [0.05, 0.1) is 0 Å². The lowest BCUT2D eigenvalue weighted by atomic mass is 9.91. The zero-order valence-electron chi connectivity index (χ0n) is 23.2. The highest BCUT2D eigenvalue weighted by atomic mass is 16.6. The van der Waals surface area contributed by atoms with Crippen molar-refractivity contribution in [1.29, 1.82) is 0 Å². The summed E-state index contributed by atoms with van der Waals surface area (Å²) >= 11 is 0. The van der Waals surface area contributed by atoms with Crippen molar-refractivity contribution in [3.8, 4) is 5.75 Å². The SMILES string of the molecule is CCCCNC(=O)C(c1ccc(O)cc1)N(C(=O)C(CCC(N)=O)NC(=O)OC(C)(C)C)C(C)(C)CC. The molecule has 0 aliphatic carbocycles. The fourth-order valence-corrected chi connectivity index (χ4v) is 3.67. The number of unbranched alkanes of at least 4 members (excludes halogenated alkanes) is 1. The molecule has 1 rings (SSSR count). The molecule has 5 N–H and O–H groups in total. The van der Waals surface area contributed by atoms with E-state index in [9.17, 15) is 24.3 Å². The van der Waals surface area contributed by atoms with E-state index in [0.29, 0.717) is 18.5 Å². The molecule has 0 heterocycles. The van der Waals surface area contributed by atoms with Crippen LogP contribution in [0.2, 0.25) is 0 Å². The van der Waals surface area contributed by atoms with Crippen LogP contribution in [0.25, 0.3) is 0 Å². The number of carbonyl (C=O) groups is 4. The number of hydrogen-bond acceptors (Lipinski definition) is 6. The summed E-state index contributed by atoms with van der Waals surface area (Å²) in [5.41, 5.74) is 4.20. The first kappa shape index (κ1) is 31.7. The number of nitrogens with two attached hydrogens (primary N) is 1. The number of primary amides is 1. The van der Waals surface area contributed by atoms with Crippen LogP contribution in [0.1, 0.15) is 92.2 Å². The summed E-state index contributed by atoms with van der Waals surface area (Å²) in [7, 11) is 0. The Morgan fingerprint density at radius 3 is 2.14 bits per heavy atom. The zero-order chi connectivity index (χ0) is 28.4. The van der Waals surface area contributed by atoms with E-state index in [2.05, 4.69) is 10.6 Å². The Morgan fingerprint density at radius 2 is 1.65 bits per heavy atom. The number of phenols is 1. The minimum absolute atomic E-state index is 0.0208. The molecule has 2 unspecified atom stereocenters. The van der Waals surface area contributed by atoms with E-state index in [1.165, 1.54) is 17.0 Å². The Balaban J connectivity index is 3.58. The Kier molecular flexibility index (Phi) is 11.9. The molecule has 1 aromatic rings. The molecule has 0 saturated heterocycles. The first-order chi connectivity index (χ1) is 17.1. The number of aromatic hydroxyl groups is 1. The number of nitrogens with one attached hydrogen (secondary N) is 2. The van der Waals surface area contributed by atoms with Crippen LogP contribution in [-0.4, -0.2) is 57.5 Å². The molecule has 0 saturated carbocycles. The predicted octanol–water partition coefficient (Wildman–Crippen LogP) is 3.53. The molecule has 0 aliphatic heterocycles. The first-order valence-corrected chi connectivity index (χ1v) is 12.8. The third-order valence-electron chi connectivity index (χ3n) is 5.97. The third-order valence-corrected chi connectivity index (χ3v) is 5.97. The van der Waals surface area contributed by atoms with Gasteiger partial charge in [-0.3, -0.25) is 14.4 Å². The van der Waals surface area contributed by atoms with Crippen molar-refractivity contribution < 1.29 is 29.0 Å². The van der Waals surface area contributed by atoms with Crippen LogP contribution in [0.15, 0.2) is 24.3 Å². The Bertz CT molecular complexity index is 924. The first-order valence-electron chi connectivity index (χ1n) is 12.8. The number of benzene rings is 1. The zero-order valence-corrected chi connectivity index (χ0v) is 23.2. The van der Waals surface area contributed by atoms with Gasteiger partial charge in [-0.2, -0.15) is 0 Å². The molecular formula is C27H44N4O6. The number of nitrogens with zero attached hydrogens (tertiary/aromatic N) is 1. The van der Waals surface area contributed by atoms with E-state index in [0.717, 1.165) is 12.8 Å². The number of phenolic OH excluding ortho intramolecular Hbond substituents is 1. The topological polar surface area (TPSA) is 151 Å². The van der Waals surface area contributed by atoms with Gasteiger partial charge in [-0.15, -0.1) is 0 Å². The maximum absolute atomic E-state index is 14.2. The van der Waals surface area contributed by atoms with Gasteiger partial charge in [0.25, 0.3) is 0 Å². The van der Waals surface area contributed by atoms with Crippen LogP contribution in [0.3, 0.4) is 0 Å². The van der Waals surface area contributed by atoms with E-state index in [4.69, 9.17) is 10.5 Å². The van der Waals surface area contributed by atoms with Gasteiger partial charge in [0.1, 0.15) is 23.4 Å². The van der Waals surface area contributed by atoms with Crippen molar-refractivity contribution in [2.45, 2.75) is 104 Å². The number of hydrogen-bond donors (Lipinski definition) is 4. The van der Waals surface area contributed by atoms with Crippen LogP contribution in [-0.2, 0) is 19.1 Å². The normalized spacial score (nSPS) is 13.3. The fourth-order valence-electron chi connectivity index (χ4n) is 3.67. The highest BCUT2D eigenvalue weighted by Gasteiger charge is 2.43. The Morgan fingerprint density at radius 1 is 1.05 bits per heavy atom. The second-order valence-electron chi connectivity index (χ2n) is 10.7. The van der Waals surface area contributed by atoms with Crippen molar-refractivity contribution in [2.24, 2.45) is 5.73 Å². The molecule has 2 atom stereocenters. The van der Waals surface area contributed by atoms with Crippen molar-refractivity contribution in [2.75, 3.05) is 6.54 Å². The highest BCUT2D eigenvalue weighted by Crippen LogP contribution is 2.33. The summed E-state index contributed by atoms with van der Waals surface area (Å²) in [6, 6.07) is 3.85. The summed E-state index contributed by atoms with van der Waals surface area (Å²) in [4.78, 5) is 53.3. The average molecular weight is 521 g/mol. The van der Waals surface area contributed by atoms with Gasteiger partial charge in [0.15, 0.2) is 0 Å². The molecule has 0 fully saturated rings. The maximum atomic E-state index is 14.2. The van der Waals surface area contributed by atoms with Crippen LogP contribution in [0.4, 0.5) is 4.79 Å². The van der Waals surface area contributed by atoms with Gasteiger partial charge in [-0.25, -0.2) is 4.79 Å². The summed E-state index contributed by atoms with van der Waals surface area (Å²) in [6.45, 7) is 13.1. The number of rotatable bonds is 13. The minimum Gasteiger partial charge on any atom is -0.508 e. The van der Waals surface area contributed by atoms with Gasteiger partial charge < -0.3 is 31.1 Å². The highest BCUT2D eigenvalue weighted by molar-refractivity contribution is 5.93. The Hall–Kier alpha value is -3.30. The van der Waals surface area contributed by atoms with Gasteiger partial charge in [0.2, 0.25) is 17.7 Å². The second-order valence-corrected chi connectivity index (χ2v) is 10.7. The summed E-state index contributed by atoms with van der Waals surface area (Å²) < 4.78 is 5.34. The van der Waals surface area contributed by atoms with Gasteiger partial charge in [-0.05, 0) is 71.6 Å². The van der Waals surface area contributed by atoms with E-state index >= 15 is 0 Å². The number of carbonyl (C=O) groups excluding carboxylic acids is 4. The fraction of sp³-hybridized carbons (Fsp3) is 0.630. The minimum atomic E-state index is -1.17. The summed E-state index contributed by atoms with van der Waals surface area (Å²) in [5.74, 6) is -1.55. The summed E-state index contributed by atoms with van der Waals surface area (Å²) in [5, 5.41) is 15.3. The number of ether oxygens (including phenoxy) is 1. The molecule has 1 aromatic carbocycles. The second kappa shape index (κ2) is 13.9. The lowest BCUT2D eigenvalue weighted by Crippen LogP contribution is -2.59. The van der Waals surface area contributed by atoms with Crippen LogP contribution >= 0.6 is 0 Å². The van der Waals surface area contributed by atoms with E-state index < -0.39 is 41.1 Å². The van der Waals surface area contributed by atoms with E-state index in [1.54, 1.807) is 32.9 Å². The molecule has 208 valence electrons. The van der Waals surface area contributed by atoms with Crippen LogP contribution in [0, 0.1) is 0 Å². The molecule has 0 spiro atoms. The molecule has 10 nitrogen and oxygen atoms in total. The van der Waals surface area contributed by atoms with E-state index in [-0.39, 0.29) is 24.5 Å². The van der Waals surface area contributed by atoms with Crippen molar-refractivity contribution in [3.63, 3.8) is 0 Å². The number of amides is 4. The summed E-state index contributed by atoms with van der Waals surface area (Å²) in [6.07, 6.45) is 1.09. The van der Waals surface area contributed by atoms with Gasteiger partial charge in [-0.1, -0.05) is 32.4 Å². The number of alkyl carbamates (subject to hydrolysis) is 1. The average Bonchev–Trinajstić information content (AvgIpc) is 2.79. The van der Waals surface area contributed by atoms with Crippen LogP contribution < -0.4 is 16.4 Å². The predicted molar refractivity (Wildman–Crippen MR) is 142 cm³/mol. The van der Waals surface area contributed by atoms with Gasteiger partial charge in [0, 0.05) is 18.5 Å². The van der Waals surface area contributed by atoms with Crippen LogP contribution in [0.5, 0.6) is 5.75 Å². The molecule has 0 bridgehead atoms. The quantitative estimate of drug-likeness (QED) is 0.292. The lowest BCUT2D eigenvalue weighted by Gasteiger charge is -2.44. The third kappa shape index (κ3) is 10.3. The monoisotopic (exact) mass is 520 g/mol.